The number of nitrogens with zero attached hydrogens (tertiary/aromatic N) is 3. The summed E-state index contributed by atoms with van der Waals surface area (Å²) in [5, 5.41) is 5.09. The van der Waals surface area contributed by atoms with Crippen molar-refractivity contribution in [3.63, 3.8) is 0 Å². The van der Waals surface area contributed by atoms with Gasteiger partial charge in [-0.1, -0.05) is 23.4 Å². The van der Waals surface area contributed by atoms with E-state index >= 15 is 0 Å². The van der Waals surface area contributed by atoms with E-state index in [4.69, 9.17) is 19.7 Å². The number of likely N-dealkylation sites (N-methyl/N-ethyl adjacent to an activating group) is 1. The van der Waals surface area contributed by atoms with E-state index in [0.29, 0.717) is 43.2 Å². The van der Waals surface area contributed by atoms with Crippen molar-refractivity contribution in [2.75, 3.05) is 26.8 Å². The van der Waals surface area contributed by atoms with Gasteiger partial charge in [0.25, 0.3) is 11.8 Å². The van der Waals surface area contributed by atoms with E-state index in [1.165, 1.54) is 0 Å². The fourth-order valence-corrected chi connectivity index (χ4v) is 4.96. The van der Waals surface area contributed by atoms with Crippen molar-refractivity contribution in [2.24, 2.45) is 5.73 Å². The normalized spacial score (nSPS) is 23.5. The number of carbonyl (C=O) groups excluding carboxylic acids is 2. The van der Waals surface area contributed by atoms with Gasteiger partial charge in [-0.3, -0.25) is 9.59 Å². The fourth-order valence-electron chi connectivity index (χ4n) is 4.96. The van der Waals surface area contributed by atoms with Crippen molar-refractivity contribution in [1.82, 2.24) is 19.9 Å². The highest BCUT2D eigenvalue weighted by Gasteiger charge is 2.57. The number of aromatic nitrogens is 2. The number of nitrogens with two attached hydrogens (primary N) is 1. The maximum atomic E-state index is 13.5. The van der Waals surface area contributed by atoms with Gasteiger partial charge >= 0.3 is 0 Å². The van der Waals surface area contributed by atoms with E-state index in [1.807, 2.05) is 30.3 Å². The first-order valence-electron chi connectivity index (χ1n) is 11.6. The van der Waals surface area contributed by atoms with Crippen molar-refractivity contribution >= 4 is 22.7 Å². The number of amides is 2. The number of ether oxygens (including phenoxy) is 2. The van der Waals surface area contributed by atoms with Gasteiger partial charge in [-0.2, -0.15) is 0 Å². The van der Waals surface area contributed by atoms with Crippen LogP contribution in [0.5, 0.6) is 0 Å². The molecule has 3 aliphatic rings. The van der Waals surface area contributed by atoms with Gasteiger partial charge < -0.3 is 34.5 Å². The summed E-state index contributed by atoms with van der Waals surface area (Å²) >= 11 is 0. The number of hydrogen-bond acceptors (Lipinski definition) is 7. The molecule has 1 saturated heterocycles. The SMILES string of the molecule is CN(C(=O)c1noc2c1CN(C(=O)c1cc3ccccc3[nH]1)CC2)C1(C2OCC(N)CO2)CC1. The molecule has 0 atom stereocenters. The molecule has 6 rings (SSSR count). The highest BCUT2D eigenvalue weighted by molar-refractivity contribution is 5.99. The second kappa shape index (κ2) is 7.93. The molecule has 2 fully saturated rings. The third kappa shape index (κ3) is 3.41. The molecule has 0 bridgehead atoms. The van der Waals surface area contributed by atoms with Crippen LogP contribution in [0, 0.1) is 0 Å². The average Bonchev–Trinajstić information content (AvgIpc) is 3.37. The van der Waals surface area contributed by atoms with E-state index < -0.39 is 11.8 Å². The summed E-state index contributed by atoms with van der Waals surface area (Å²) in [7, 11) is 1.74. The van der Waals surface area contributed by atoms with Gasteiger partial charge in [-0.15, -0.1) is 0 Å². The smallest absolute Gasteiger partial charge is 0.276 e. The Morgan fingerprint density at radius 1 is 1.24 bits per heavy atom. The molecular formula is C24H27N5O5. The largest absolute Gasteiger partial charge is 0.360 e. The second-order valence-electron chi connectivity index (χ2n) is 9.41. The Morgan fingerprint density at radius 3 is 2.74 bits per heavy atom. The van der Waals surface area contributed by atoms with Crippen molar-refractivity contribution in [3.8, 4) is 0 Å². The summed E-state index contributed by atoms with van der Waals surface area (Å²) in [4.78, 5) is 33.3. The minimum atomic E-state index is -0.530. The van der Waals surface area contributed by atoms with Crippen LogP contribution in [0.3, 0.4) is 0 Å². The summed E-state index contributed by atoms with van der Waals surface area (Å²) in [6.07, 6.45) is 1.55. The van der Waals surface area contributed by atoms with Gasteiger partial charge in [0.15, 0.2) is 12.0 Å². The lowest BCUT2D eigenvalue weighted by molar-refractivity contribution is -0.216. The van der Waals surface area contributed by atoms with Gasteiger partial charge in [0.1, 0.15) is 11.5 Å². The molecule has 3 aromatic rings. The first kappa shape index (κ1) is 21.3. The minimum Gasteiger partial charge on any atom is -0.360 e. The molecule has 2 amide bonds. The van der Waals surface area contributed by atoms with Crippen LogP contribution in [0.4, 0.5) is 0 Å². The number of fused-ring (bicyclic) bond motifs is 2. The molecule has 34 heavy (non-hydrogen) atoms. The van der Waals surface area contributed by atoms with Crippen LogP contribution in [-0.4, -0.2) is 76.4 Å². The molecule has 4 heterocycles. The minimum absolute atomic E-state index is 0.117. The molecule has 2 aliphatic heterocycles. The van der Waals surface area contributed by atoms with Crippen LogP contribution in [0.1, 0.15) is 45.1 Å². The Hall–Kier alpha value is -3.21. The van der Waals surface area contributed by atoms with Crippen LogP contribution < -0.4 is 5.73 Å². The lowest BCUT2D eigenvalue weighted by Gasteiger charge is -2.38. The number of rotatable bonds is 4. The lowest BCUT2D eigenvalue weighted by Crippen LogP contribution is -2.54. The Bertz CT molecular complexity index is 1220. The number of aromatic amines is 1. The van der Waals surface area contributed by atoms with Crippen LogP contribution in [0.25, 0.3) is 10.9 Å². The van der Waals surface area contributed by atoms with Crippen LogP contribution >= 0.6 is 0 Å². The number of benzene rings is 1. The topological polar surface area (TPSA) is 127 Å². The Labute approximate surface area is 195 Å². The zero-order chi connectivity index (χ0) is 23.4. The first-order valence-corrected chi connectivity index (χ1v) is 11.6. The molecule has 1 aliphatic carbocycles. The zero-order valence-electron chi connectivity index (χ0n) is 19.0. The maximum absolute atomic E-state index is 13.5. The second-order valence-corrected chi connectivity index (χ2v) is 9.41. The van der Waals surface area contributed by atoms with Crippen molar-refractivity contribution in [2.45, 2.75) is 43.7 Å². The fraction of sp³-hybridized carbons (Fsp3) is 0.458. The molecule has 3 N–H and O–H groups in total. The average molecular weight is 466 g/mol. The molecule has 10 nitrogen and oxygen atoms in total. The molecule has 1 aromatic carbocycles. The molecule has 0 spiro atoms. The summed E-state index contributed by atoms with van der Waals surface area (Å²) in [5.41, 5.74) is 7.67. The predicted molar refractivity (Wildman–Crippen MR) is 121 cm³/mol. The first-order chi connectivity index (χ1) is 16.5. The highest BCUT2D eigenvalue weighted by Crippen LogP contribution is 2.47. The molecule has 10 heteroatoms. The maximum Gasteiger partial charge on any atom is 0.276 e. The van der Waals surface area contributed by atoms with E-state index in [2.05, 4.69) is 10.1 Å². The number of carbonyl (C=O) groups is 2. The molecular weight excluding hydrogens is 438 g/mol. The summed E-state index contributed by atoms with van der Waals surface area (Å²) in [5.74, 6) is 0.275. The Morgan fingerprint density at radius 2 is 2.00 bits per heavy atom. The van der Waals surface area contributed by atoms with Gasteiger partial charge in [0, 0.05) is 36.5 Å². The van der Waals surface area contributed by atoms with Crippen molar-refractivity contribution < 1.29 is 23.6 Å². The van der Waals surface area contributed by atoms with E-state index in [-0.39, 0.29) is 30.1 Å². The summed E-state index contributed by atoms with van der Waals surface area (Å²) in [6, 6.07) is 9.47. The summed E-state index contributed by atoms with van der Waals surface area (Å²) in [6.45, 7) is 1.56. The van der Waals surface area contributed by atoms with Gasteiger partial charge in [0.05, 0.1) is 31.3 Å². The van der Waals surface area contributed by atoms with E-state index in [1.54, 1.807) is 16.8 Å². The van der Waals surface area contributed by atoms with Crippen molar-refractivity contribution in [1.29, 1.82) is 0 Å². The molecule has 2 aromatic heterocycles. The van der Waals surface area contributed by atoms with Crippen LogP contribution in [0.2, 0.25) is 0 Å². The van der Waals surface area contributed by atoms with Gasteiger partial charge in [-0.25, -0.2) is 0 Å². The molecule has 0 unspecified atom stereocenters. The summed E-state index contributed by atoms with van der Waals surface area (Å²) < 4.78 is 17.1. The Balaban J connectivity index is 1.21. The van der Waals surface area contributed by atoms with Gasteiger partial charge in [-0.05, 0) is 25.0 Å². The van der Waals surface area contributed by atoms with E-state index in [0.717, 1.165) is 23.7 Å². The van der Waals surface area contributed by atoms with E-state index in [9.17, 15) is 9.59 Å². The lowest BCUT2D eigenvalue weighted by atomic mass is 10.0. The molecule has 1 saturated carbocycles. The highest BCUT2D eigenvalue weighted by atomic mass is 16.7. The number of nitrogens with one attached hydrogen (secondary N) is 1. The van der Waals surface area contributed by atoms with Gasteiger partial charge in [0.2, 0.25) is 0 Å². The third-order valence-electron chi connectivity index (χ3n) is 7.17. The van der Waals surface area contributed by atoms with Crippen molar-refractivity contribution in [3.05, 3.63) is 53.0 Å². The number of para-hydroxylation sites is 1. The monoisotopic (exact) mass is 465 g/mol. The number of hydrogen-bond donors (Lipinski definition) is 2. The van der Waals surface area contributed by atoms with Crippen LogP contribution in [-0.2, 0) is 22.4 Å². The number of H-pyrrole nitrogens is 1. The third-order valence-corrected chi connectivity index (χ3v) is 7.17. The predicted octanol–water partition coefficient (Wildman–Crippen LogP) is 1.66. The quantitative estimate of drug-likeness (QED) is 0.600. The molecule has 0 radical (unpaired) electrons. The van der Waals surface area contributed by atoms with Crippen LogP contribution in [0.15, 0.2) is 34.9 Å². The Kier molecular flexibility index (Phi) is 4.98. The standard InChI is InChI=1S/C24H27N5O5/c1-28(24(7-8-24)23-32-12-15(25)13-33-23)22(31)20-16-11-29(9-6-19(16)34-27-20)21(30)18-10-14-4-2-3-5-17(14)26-18/h2-5,10,15,23,26H,6-9,11-13,25H2,1H3. The molecule has 178 valence electrons. The zero-order valence-corrected chi connectivity index (χ0v) is 19.0.